The first-order chi connectivity index (χ1) is 16.7. The molecule has 10 heteroatoms. The fourth-order valence-electron chi connectivity index (χ4n) is 4.63. The van der Waals surface area contributed by atoms with E-state index >= 15 is 0 Å². The fraction of sp³-hybridized carbons (Fsp3) is 0.240. The largest absolute Gasteiger partial charge is 0.508 e. The second-order valence-electron chi connectivity index (χ2n) is 8.40. The second kappa shape index (κ2) is 8.26. The van der Waals surface area contributed by atoms with Crippen molar-refractivity contribution in [1.29, 1.82) is 0 Å². The maximum atomic E-state index is 12.8. The molecule has 0 radical (unpaired) electrons. The van der Waals surface area contributed by atoms with Crippen LogP contribution in [0.2, 0.25) is 0 Å². The molecular formula is C25H22O10. The van der Waals surface area contributed by atoms with Crippen molar-refractivity contribution in [1.82, 2.24) is 0 Å². The Labute approximate surface area is 198 Å². The third-order valence-corrected chi connectivity index (χ3v) is 6.31. The summed E-state index contributed by atoms with van der Waals surface area (Å²) in [5.41, 5.74) is 0.976. The van der Waals surface area contributed by atoms with E-state index in [1.54, 1.807) is 18.2 Å². The van der Waals surface area contributed by atoms with Crippen molar-refractivity contribution in [2.45, 2.75) is 24.2 Å². The molecule has 0 aliphatic carbocycles. The SMILES string of the molecule is COc1cc([C@@H]2Oc3c(O)cc([C@H]4Oc5cc(O)cc(O)c5C(=O)[C@H]4O)cc3[C@H]2CO)ccc1O. The minimum absolute atomic E-state index is 0.0668. The van der Waals surface area contributed by atoms with E-state index in [2.05, 4.69) is 0 Å². The van der Waals surface area contributed by atoms with E-state index in [9.17, 15) is 35.4 Å². The van der Waals surface area contributed by atoms with Crippen LogP contribution in [0.15, 0.2) is 42.5 Å². The molecule has 0 saturated carbocycles. The number of ether oxygens (including phenoxy) is 3. The van der Waals surface area contributed by atoms with E-state index in [-0.39, 0.29) is 52.2 Å². The van der Waals surface area contributed by atoms with E-state index in [1.807, 2.05) is 0 Å². The monoisotopic (exact) mass is 482 g/mol. The number of hydrogen-bond donors (Lipinski definition) is 6. The molecule has 182 valence electrons. The van der Waals surface area contributed by atoms with Gasteiger partial charge in [-0.3, -0.25) is 4.79 Å². The third kappa shape index (κ3) is 3.54. The molecule has 0 aromatic heterocycles. The van der Waals surface area contributed by atoms with Gasteiger partial charge in [0.15, 0.2) is 35.2 Å². The lowest BCUT2D eigenvalue weighted by molar-refractivity contribution is 0.0209. The molecule has 10 nitrogen and oxygen atoms in total. The highest BCUT2D eigenvalue weighted by Gasteiger charge is 2.42. The van der Waals surface area contributed by atoms with Gasteiger partial charge >= 0.3 is 0 Å². The van der Waals surface area contributed by atoms with Gasteiger partial charge in [0, 0.05) is 17.7 Å². The van der Waals surface area contributed by atoms with E-state index in [0.717, 1.165) is 12.1 Å². The Balaban J connectivity index is 1.54. The smallest absolute Gasteiger partial charge is 0.202 e. The molecule has 0 fully saturated rings. The van der Waals surface area contributed by atoms with Crippen molar-refractivity contribution >= 4 is 5.78 Å². The number of rotatable bonds is 4. The number of phenolic OH excluding ortho intramolecular Hbond substituents is 4. The molecule has 5 rings (SSSR count). The van der Waals surface area contributed by atoms with Crippen LogP contribution in [0.5, 0.6) is 40.2 Å². The van der Waals surface area contributed by atoms with Gasteiger partial charge in [0.05, 0.1) is 19.6 Å². The molecule has 2 heterocycles. The minimum Gasteiger partial charge on any atom is -0.508 e. The summed E-state index contributed by atoms with van der Waals surface area (Å²) in [6, 6.07) is 9.56. The summed E-state index contributed by atoms with van der Waals surface area (Å²) < 4.78 is 16.9. The number of carbonyl (C=O) groups is 1. The summed E-state index contributed by atoms with van der Waals surface area (Å²) in [7, 11) is 1.40. The van der Waals surface area contributed by atoms with Crippen LogP contribution in [0.4, 0.5) is 0 Å². The number of benzene rings is 3. The molecule has 0 unspecified atom stereocenters. The molecule has 35 heavy (non-hydrogen) atoms. The lowest BCUT2D eigenvalue weighted by Gasteiger charge is -2.30. The van der Waals surface area contributed by atoms with Crippen molar-refractivity contribution < 1.29 is 49.6 Å². The van der Waals surface area contributed by atoms with Crippen LogP contribution in [0.1, 0.15) is 45.2 Å². The molecule has 0 spiro atoms. The normalized spacial score (nSPS) is 22.7. The number of carbonyl (C=O) groups excluding carboxylic acids is 1. The number of aromatic hydroxyl groups is 4. The number of Topliss-reactive ketones (excluding diaryl/α,β-unsaturated/α-hetero) is 1. The zero-order valence-electron chi connectivity index (χ0n) is 18.4. The van der Waals surface area contributed by atoms with Crippen LogP contribution < -0.4 is 14.2 Å². The molecular weight excluding hydrogens is 460 g/mol. The van der Waals surface area contributed by atoms with Gasteiger partial charge in [-0.15, -0.1) is 0 Å². The van der Waals surface area contributed by atoms with Crippen LogP contribution in [0, 0.1) is 0 Å². The molecule has 2 aliphatic heterocycles. The standard InChI is InChI=1S/C25H22O10/c1-33-18-6-10(2-3-15(18)28)23-14(9-26)13-4-11(5-17(30)25(13)35-23)24-22(32)21(31)20-16(29)7-12(27)8-19(20)34-24/h2-8,14,22-24,26-30,32H,9H2,1H3/t14-,22-,23+,24-/m1/s1. The van der Waals surface area contributed by atoms with Crippen molar-refractivity contribution in [3.05, 3.63) is 64.7 Å². The quantitative estimate of drug-likeness (QED) is 0.325. The maximum absolute atomic E-state index is 12.8. The van der Waals surface area contributed by atoms with Gasteiger partial charge in [0.25, 0.3) is 0 Å². The summed E-state index contributed by atoms with van der Waals surface area (Å²) in [6.07, 6.45) is -3.69. The summed E-state index contributed by atoms with van der Waals surface area (Å²) >= 11 is 0. The van der Waals surface area contributed by atoms with Crippen LogP contribution in [0.25, 0.3) is 0 Å². The predicted octanol–water partition coefficient (Wildman–Crippen LogP) is 2.40. The molecule has 0 bridgehead atoms. The lowest BCUT2D eigenvalue weighted by Crippen LogP contribution is -2.36. The molecule has 4 atom stereocenters. The van der Waals surface area contributed by atoms with Crippen LogP contribution >= 0.6 is 0 Å². The zero-order chi connectivity index (χ0) is 25.0. The number of aliphatic hydroxyl groups is 2. The first-order valence-electron chi connectivity index (χ1n) is 10.7. The molecule has 0 amide bonds. The number of methoxy groups -OCH3 is 1. The van der Waals surface area contributed by atoms with Crippen molar-refractivity contribution in [3.63, 3.8) is 0 Å². The van der Waals surface area contributed by atoms with Crippen molar-refractivity contribution in [2.75, 3.05) is 13.7 Å². The zero-order valence-corrected chi connectivity index (χ0v) is 18.4. The summed E-state index contributed by atoms with van der Waals surface area (Å²) in [5.74, 6) is -2.45. The average Bonchev–Trinajstić information content (AvgIpc) is 3.20. The van der Waals surface area contributed by atoms with Gasteiger partial charge in [-0.2, -0.15) is 0 Å². The molecule has 3 aromatic rings. The number of ketones is 1. The van der Waals surface area contributed by atoms with Crippen molar-refractivity contribution in [3.8, 4) is 40.2 Å². The summed E-state index contributed by atoms with van der Waals surface area (Å²) in [6.45, 7) is -0.360. The number of aliphatic hydroxyl groups excluding tert-OH is 2. The average molecular weight is 482 g/mol. The second-order valence-corrected chi connectivity index (χ2v) is 8.40. The highest BCUT2D eigenvalue weighted by Crippen LogP contribution is 2.52. The van der Waals surface area contributed by atoms with Crippen LogP contribution in [0.3, 0.4) is 0 Å². The molecule has 6 N–H and O–H groups in total. The van der Waals surface area contributed by atoms with E-state index in [0.29, 0.717) is 11.1 Å². The summed E-state index contributed by atoms with van der Waals surface area (Å²) in [4.78, 5) is 12.8. The maximum Gasteiger partial charge on any atom is 0.202 e. The number of fused-ring (bicyclic) bond motifs is 2. The Bertz CT molecular complexity index is 1330. The predicted molar refractivity (Wildman–Crippen MR) is 119 cm³/mol. The first-order valence-corrected chi connectivity index (χ1v) is 10.7. The first kappa shape index (κ1) is 22.6. The van der Waals surface area contributed by atoms with Crippen molar-refractivity contribution in [2.24, 2.45) is 0 Å². The highest BCUT2D eigenvalue weighted by atomic mass is 16.5. The molecule has 2 aliphatic rings. The third-order valence-electron chi connectivity index (χ3n) is 6.31. The van der Waals surface area contributed by atoms with Crippen LogP contribution in [-0.4, -0.2) is 56.2 Å². The van der Waals surface area contributed by atoms with Gasteiger partial charge in [-0.1, -0.05) is 6.07 Å². The number of phenols is 4. The number of hydrogen-bond acceptors (Lipinski definition) is 10. The Hall–Kier alpha value is -4.15. The van der Waals surface area contributed by atoms with Gasteiger partial charge in [-0.05, 0) is 35.4 Å². The van der Waals surface area contributed by atoms with E-state index in [4.69, 9.17) is 14.2 Å². The topological polar surface area (TPSA) is 166 Å². The molecule has 0 saturated heterocycles. The fourth-order valence-corrected chi connectivity index (χ4v) is 4.63. The Morgan fingerprint density at radius 3 is 2.37 bits per heavy atom. The van der Waals surface area contributed by atoms with Gasteiger partial charge in [-0.25, -0.2) is 0 Å². The van der Waals surface area contributed by atoms with Gasteiger partial charge in [0.1, 0.15) is 28.9 Å². The Morgan fingerprint density at radius 2 is 1.66 bits per heavy atom. The van der Waals surface area contributed by atoms with E-state index in [1.165, 1.54) is 19.2 Å². The van der Waals surface area contributed by atoms with Gasteiger partial charge in [0.2, 0.25) is 5.78 Å². The Kier molecular flexibility index (Phi) is 5.34. The lowest BCUT2D eigenvalue weighted by atomic mass is 9.87. The molecule has 3 aromatic carbocycles. The Morgan fingerprint density at radius 1 is 0.886 bits per heavy atom. The highest BCUT2D eigenvalue weighted by molar-refractivity contribution is 6.05. The van der Waals surface area contributed by atoms with Crippen LogP contribution in [-0.2, 0) is 0 Å². The minimum atomic E-state index is -1.71. The van der Waals surface area contributed by atoms with Gasteiger partial charge < -0.3 is 44.8 Å². The summed E-state index contributed by atoms with van der Waals surface area (Å²) in [5, 5.41) is 61.3. The van der Waals surface area contributed by atoms with E-state index < -0.39 is 35.8 Å².